The average molecular weight is 725 g/mol. The molecule has 0 spiro atoms. The van der Waals surface area contributed by atoms with Gasteiger partial charge >= 0.3 is 0 Å². The minimum absolute atomic E-state index is 0.0467. The molecule has 1 atom stereocenters. The van der Waals surface area contributed by atoms with Gasteiger partial charge in [0.15, 0.2) is 5.84 Å². The van der Waals surface area contributed by atoms with Crippen molar-refractivity contribution < 1.29 is 0 Å². The fourth-order valence-electron chi connectivity index (χ4n) is 9.23. The summed E-state index contributed by atoms with van der Waals surface area (Å²) in [6.07, 6.45) is 1.59. The van der Waals surface area contributed by atoms with Crippen molar-refractivity contribution >= 4 is 55.3 Å². The molecule has 0 saturated carbocycles. The number of aliphatic imine (C=N–C) groups is 2. The maximum absolute atomic E-state index is 5.58. The van der Waals surface area contributed by atoms with Crippen LogP contribution in [0.1, 0.15) is 68.8 Å². The quantitative estimate of drug-likeness (QED) is 0.121. The third-order valence-corrected chi connectivity index (χ3v) is 12.0. The number of fused-ring (bicyclic) bond motifs is 9. The molecule has 2 heterocycles. The fraction of sp³-hybridized carbons (Fsp3) is 0.154. The van der Waals surface area contributed by atoms with Gasteiger partial charge in [0.1, 0.15) is 5.84 Å². The summed E-state index contributed by atoms with van der Waals surface area (Å²) in [5.74, 6) is 1.70. The van der Waals surface area contributed by atoms with E-state index < -0.39 is 0 Å². The second-order valence-corrected chi connectivity index (χ2v) is 15.5. The van der Waals surface area contributed by atoms with Crippen LogP contribution in [0.5, 0.6) is 0 Å². The van der Waals surface area contributed by atoms with Crippen LogP contribution >= 0.6 is 0 Å². The Hall–Kier alpha value is -6.52. The molecule has 56 heavy (non-hydrogen) atoms. The van der Waals surface area contributed by atoms with Crippen molar-refractivity contribution in [1.82, 2.24) is 9.13 Å². The van der Waals surface area contributed by atoms with Crippen LogP contribution in [0.15, 0.2) is 174 Å². The monoisotopic (exact) mass is 724 g/mol. The molecule has 0 N–H and O–H groups in total. The van der Waals surface area contributed by atoms with Gasteiger partial charge in [-0.15, -0.1) is 0 Å². The Morgan fingerprint density at radius 1 is 0.554 bits per heavy atom. The van der Waals surface area contributed by atoms with E-state index in [9.17, 15) is 0 Å². The predicted molar refractivity (Wildman–Crippen MR) is 237 cm³/mol. The van der Waals surface area contributed by atoms with Crippen LogP contribution in [0, 0.1) is 0 Å². The van der Waals surface area contributed by atoms with Gasteiger partial charge in [0.2, 0.25) is 0 Å². The van der Waals surface area contributed by atoms with Crippen LogP contribution in [-0.2, 0) is 5.41 Å². The van der Waals surface area contributed by atoms with Crippen LogP contribution in [0.3, 0.4) is 0 Å². The van der Waals surface area contributed by atoms with Gasteiger partial charge in [0.25, 0.3) is 0 Å². The highest BCUT2D eigenvalue weighted by atomic mass is 15.1. The van der Waals surface area contributed by atoms with Crippen molar-refractivity contribution in [2.75, 3.05) is 0 Å². The molecule has 4 nitrogen and oxygen atoms in total. The van der Waals surface area contributed by atoms with E-state index in [1.807, 2.05) is 0 Å². The third kappa shape index (κ3) is 5.27. The van der Waals surface area contributed by atoms with Gasteiger partial charge in [-0.1, -0.05) is 149 Å². The second-order valence-electron chi connectivity index (χ2n) is 15.5. The molecule has 7 aromatic carbocycles. The molecule has 272 valence electrons. The molecule has 1 aliphatic rings. The smallest absolute Gasteiger partial charge is 0.157 e. The summed E-state index contributed by atoms with van der Waals surface area (Å²) in [6, 6.07) is 59.4. The summed E-state index contributed by atoms with van der Waals surface area (Å²) in [7, 11) is 0. The van der Waals surface area contributed by atoms with Gasteiger partial charge in [-0.05, 0) is 76.7 Å². The second kappa shape index (κ2) is 13.3. The van der Waals surface area contributed by atoms with Crippen molar-refractivity contribution in [3.8, 4) is 16.8 Å². The number of amidine groups is 1. The van der Waals surface area contributed by atoms with Crippen LogP contribution in [0.2, 0.25) is 0 Å². The first-order valence-electron chi connectivity index (χ1n) is 19.9. The summed E-state index contributed by atoms with van der Waals surface area (Å²) in [4.78, 5) is 11.1. The standard InChI is InChI=1S/C52H44N4/c1-5-45(34-19-8-7-9-20-34)53-51(54-50(6-2)56-47-29-16-11-24-38(47)39-25-12-17-30-48(39)56)35-21-18-22-36(31-35)55-46-28-15-13-26-40(46)42-32-41-37-23-10-14-27-43(37)52(3,4)44(41)33-49(42)55/h7-33,45H,5-6H2,1-4H3. The zero-order chi connectivity index (χ0) is 38.0. The maximum Gasteiger partial charge on any atom is 0.157 e. The zero-order valence-corrected chi connectivity index (χ0v) is 32.4. The van der Waals surface area contributed by atoms with Gasteiger partial charge in [-0.2, -0.15) is 0 Å². The molecule has 4 heteroatoms. The number of nitrogens with zero attached hydrogens (tertiary/aromatic N) is 4. The first-order chi connectivity index (χ1) is 27.5. The topological polar surface area (TPSA) is 34.6 Å². The number of hydrogen-bond acceptors (Lipinski definition) is 1. The van der Waals surface area contributed by atoms with Crippen molar-refractivity contribution in [2.45, 2.75) is 52.0 Å². The third-order valence-electron chi connectivity index (χ3n) is 12.0. The largest absolute Gasteiger partial charge is 0.309 e. The van der Waals surface area contributed by atoms with Crippen LogP contribution in [0.25, 0.3) is 60.4 Å². The molecule has 10 rings (SSSR count). The van der Waals surface area contributed by atoms with Crippen molar-refractivity contribution in [2.24, 2.45) is 9.98 Å². The molecule has 9 aromatic rings. The van der Waals surface area contributed by atoms with E-state index in [0.717, 1.165) is 46.8 Å². The van der Waals surface area contributed by atoms with E-state index in [4.69, 9.17) is 9.98 Å². The van der Waals surface area contributed by atoms with Crippen molar-refractivity contribution in [1.29, 1.82) is 0 Å². The Morgan fingerprint density at radius 3 is 1.88 bits per heavy atom. The average Bonchev–Trinajstić information content (AvgIpc) is 3.84. The highest BCUT2D eigenvalue weighted by Gasteiger charge is 2.36. The van der Waals surface area contributed by atoms with Gasteiger partial charge in [-0.3, -0.25) is 9.56 Å². The summed E-state index contributed by atoms with van der Waals surface area (Å²) in [5, 5.41) is 4.97. The first kappa shape index (κ1) is 34.0. The lowest BCUT2D eigenvalue weighted by molar-refractivity contribution is 0.661. The van der Waals surface area contributed by atoms with Crippen LogP contribution in [0.4, 0.5) is 0 Å². The molecule has 0 radical (unpaired) electrons. The SMILES string of the molecule is CCC(=NC(=NC(CC)c1ccccc1)c1cccc(-n2c3ccccc3c3cc4c(cc32)C(C)(C)c2ccccc2-4)c1)n1c2ccccc2c2ccccc21. The Labute approximate surface area is 328 Å². The van der Waals surface area contributed by atoms with Crippen LogP contribution in [-0.4, -0.2) is 20.8 Å². The fourth-order valence-corrected chi connectivity index (χ4v) is 9.23. The molecule has 2 aromatic heterocycles. The Kier molecular flexibility index (Phi) is 8.11. The van der Waals surface area contributed by atoms with E-state index >= 15 is 0 Å². The lowest BCUT2D eigenvalue weighted by atomic mass is 9.82. The maximum atomic E-state index is 5.58. The first-order valence-corrected chi connectivity index (χ1v) is 19.9. The van der Waals surface area contributed by atoms with Gasteiger partial charge in [-0.25, -0.2) is 4.99 Å². The molecule has 0 fully saturated rings. The Morgan fingerprint density at radius 2 is 1.18 bits per heavy atom. The Bertz CT molecular complexity index is 2970. The van der Waals surface area contributed by atoms with E-state index in [-0.39, 0.29) is 11.5 Å². The van der Waals surface area contributed by atoms with E-state index in [1.54, 1.807) is 0 Å². The summed E-state index contributed by atoms with van der Waals surface area (Å²) < 4.78 is 4.78. The highest BCUT2D eigenvalue weighted by Crippen LogP contribution is 2.51. The molecule has 0 saturated heterocycles. The van der Waals surface area contributed by atoms with E-state index in [2.05, 4.69) is 201 Å². The number of para-hydroxylation sites is 3. The molecule has 0 amide bonds. The summed E-state index contributed by atoms with van der Waals surface area (Å²) in [6.45, 7) is 9.12. The highest BCUT2D eigenvalue weighted by molar-refractivity contribution is 6.17. The molecule has 1 aliphatic carbocycles. The van der Waals surface area contributed by atoms with Gasteiger partial charge in [0, 0.05) is 44.6 Å². The Balaban J connectivity index is 1.20. The molecule has 1 unspecified atom stereocenters. The minimum Gasteiger partial charge on any atom is -0.309 e. The summed E-state index contributed by atoms with van der Waals surface area (Å²) >= 11 is 0. The number of benzene rings is 7. The lowest BCUT2D eigenvalue weighted by Gasteiger charge is -2.21. The molecule has 0 bridgehead atoms. The van der Waals surface area contributed by atoms with E-state index in [1.165, 1.54) is 60.4 Å². The van der Waals surface area contributed by atoms with Gasteiger partial charge < -0.3 is 4.57 Å². The molecular formula is C52H44N4. The predicted octanol–water partition coefficient (Wildman–Crippen LogP) is 13.5. The zero-order valence-electron chi connectivity index (χ0n) is 32.4. The number of rotatable bonds is 6. The van der Waals surface area contributed by atoms with E-state index in [0.29, 0.717) is 0 Å². The summed E-state index contributed by atoms with van der Waals surface area (Å²) in [5.41, 5.74) is 13.3. The molecular weight excluding hydrogens is 681 g/mol. The lowest BCUT2D eigenvalue weighted by Crippen LogP contribution is -2.15. The van der Waals surface area contributed by atoms with Crippen molar-refractivity contribution in [3.05, 3.63) is 186 Å². The van der Waals surface area contributed by atoms with Crippen molar-refractivity contribution in [3.63, 3.8) is 0 Å². The normalized spacial score (nSPS) is 14.5. The number of hydrogen-bond donors (Lipinski definition) is 0. The molecule has 0 aliphatic heterocycles. The van der Waals surface area contributed by atoms with Gasteiger partial charge in [0.05, 0.1) is 28.1 Å². The van der Waals surface area contributed by atoms with Crippen LogP contribution < -0.4 is 0 Å². The minimum atomic E-state index is -0.103. The number of aromatic nitrogens is 2.